The summed E-state index contributed by atoms with van der Waals surface area (Å²) >= 11 is 0. The second kappa shape index (κ2) is 7.46. The Balaban J connectivity index is 2.44. The van der Waals surface area contributed by atoms with Crippen molar-refractivity contribution in [3.8, 4) is 0 Å². The molecule has 1 rings (SSSR count). The largest absolute Gasteiger partial charge is 0.395 e. The Kier molecular flexibility index (Phi) is 5.82. The van der Waals surface area contributed by atoms with Crippen LogP contribution in [0.2, 0.25) is 0 Å². The van der Waals surface area contributed by atoms with Crippen molar-refractivity contribution in [2.45, 2.75) is 6.92 Å². The number of carbonyl (C=O) groups excluding carboxylic acids is 1. The minimum absolute atomic E-state index is 0.0241. The van der Waals surface area contributed by atoms with Crippen molar-refractivity contribution in [2.24, 2.45) is 0 Å². The number of urea groups is 1. The summed E-state index contributed by atoms with van der Waals surface area (Å²) in [4.78, 5) is 13.1. The molecule has 0 aliphatic carbocycles. The van der Waals surface area contributed by atoms with Crippen LogP contribution < -0.4 is 5.32 Å². The average molecular weight is 234 g/mol. The van der Waals surface area contributed by atoms with Gasteiger partial charge in [-0.05, 0) is 18.6 Å². The predicted octanol–water partition coefficient (Wildman–Crippen LogP) is 1.68. The molecule has 1 aromatic rings. The van der Waals surface area contributed by atoms with Gasteiger partial charge in [-0.3, -0.25) is 0 Å². The van der Waals surface area contributed by atoms with Gasteiger partial charge in [0, 0.05) is 19.3 Å². The standard InChI is InChI=1S/C13H18N2O2/c1-2-15(10-11-16)13(17)14-9-8-12-6-4-3-5-7-12/h3-9,16H,2,10-11H2,1H3,(H,14,17)/b9-8+. The fourth-order valence-corrected chi connectivity index (χ4v) is 1.39. The van der Waals surface area contributed by atoms with Crippen molar-refractivity contribution >= 4 is 12.1 Å². The molecule has 2 amide bonds. The minimum atomic E-state index is -0.200. The number of aliphatic hydroxyl groups is 1. The maximum absolute atomic E-state index is 11.6. The maximum Gasteiger partial charge on any atom is 0.321 e. The molecule has 4 nitrogen and oxygen atoms in total. The third-order valence-electron chi connectivity index (χ3n) is 2.32. The van der Waals surface area contributed by atoms with Gasteiger partial charge in [-0.2, -0.15) is 0 Å². The quantitative estimate of drug-likeness (QED) is 0.814. The molecule has 0 atom stereocenters. The first-order valence-corrected chi connectivity index (χ1v) is 5.65. The van der Waals surface area contributed by atoms with E-state index in [0.29, 0.717) is 13.1 Å². The summed E-state index contributed by atoms with van der Waals surface area (Å²) in [6, 6.07) is 9.52. The van der Waals surface area contributed by atoms with E-state index in [4.69, 9.17) is 5.11 Å². The van der Waals surface area contributed by atoms with Gasteiger partial charge in [-0.1, -0.05) is 30.3 Å². The SMILES string of the molecule is CCN(CCO)C(=O)N/C=C/c1ccccc1. The van der Waals surface area contributed by atoms with E-state index in [0.717, 1.165) is 5.56 Å². The van der Waals surface area contributed by atoms with Gasteiger partial charge in [0.05, 0.1) is 6.61 Å². The summed E-state index contributed by atoms with van der Waals surface area (Å²) in [5, 5.41) is 11.4. The predicted molar refractivity (Wildman–Crippen MR) is 68.3 cm³/mol. The smallest absolute Gasteiger partial charge is 0.321 e. The molecule has 0 unspecified atom stereocenters. The highest BCUT2D eigenvalue weighted by Gasteiger charge is 2.07. The lowest BCUT2D eigenvalue weighted by Gasteiger charge is -2.18. The number of benzene rings is 1. The Bertz CT molecular complexity index is 363. The van der Waals surface area contributed by atoms with E-state index in [1.807, 2.05) is 43.3 Å². The van der Waals surface area contributed by atoms with E-state index in [1.54, 1.807) is 6.20 Å². The Hall–Kier alpha value is -1.81. The highest BCUT2D eigenvalue weighted by molar-refractivity contribution is 5.76. The van der Waals surface area contributed by atoms with Crippen LogP contribution in [0.1, 0.15) is 12.5 Å². The van der Waals surface area contributed by atoms with Crippen LogP contribution in [0.25, 0.3) is 6.08 Å². The monoisotopic (exact) mass is 234 g/mol. The van der Waals surface area contributed by atoms with E-state index < -0.39 is 0 Å². The lowest BCUT2D eigenvalue weighted by Crippen LogP contribution is -2.39. The number of nitrogens with zero attached hydrogens (tertiary/aromatic N) is 1. The van der Waals surface area contributed by atoms with Crippen molar-refractivity contribution < 1.29 is 9.90 Å². The molecular weight excluding hydrogens is 216 g/mol. The van der Waals surface area contributed by atoms with Crippen molar-refractivity contribution in [1.29, 1.82) is 0 Å². The van der Waals surface area contributed by atoms with E-state index in [9.17, 15) is 4.79 Å². The first-order valence-electron chi connectivity index (χ1n) is 5.65. The van der Waals surface area contributed by atoms with Crippen molar-refractivity contribution in [1.82, 2.24) is 10.2 Å². The summed E-state index contributed by atoms with van der Waals surface area (Å²) < 4.78 is 0. The molecule has 0 aliphatic heterocycles. The fourth-order valence-electron chi connectivity index (χ4n) is 1.39. The molecular formula is C13H18N2O2. The summed E-state index contributed by atoms with van der Waals surface area (Å²) in [5.41, 5.74) is 1.03. The summed E-state index contributed by atoms with van der Waals surface area (Å²) in [6.07, 6.45) is 3.43. The molecule has 17 heavy (non-hydrogen) atoms. The molecule has 0 heterocycles. The van der Waals surface area contributed by atoms with Gasteiger partial charge in [-0.15, -0.1) is 0 Å². The third-order valence-corrected chi connectivity index (χ3v) is 2.32. The van der Waals surface area contributed by atoms with Gasteiger partial charge in [0.15, 0.2) is 0 Å². The maximum atomic E-state index is 11.6. The molecule has 0 saturated heterocycles. The van der Waals surface area contributed by atoms with Gasteiger partial charge in [0.25, 0.3) is 0 Å². The lowest BCUT2D eigenvalue weighted by molar-refractivity contribution is 0.183. The van der Waals surface area contributed by atoms with E-state index in [-0.39, 0.29) is 12.6 Å². The zero-order valence-corrected chi connectivity index (χ0v) is 9.97. The Morgan fingerprint density at radius 2 is 2.12 bits per heavy atom. The molecule has 0 radical (unpaired) electrons. The van der Waals surface area contributed by atoms with Gasteiger partial charge in [-0.25, -0.2) is 4.79 Å². The number of carbonyl (C=O) groups is 1. The second-order valence-electron chi connectivity index (χ2n) is 3.50. The average Bonchev–Trinajstić information content (AvgIpc) is 2.37. The topological polar surface area (TPSA) is 52.6 Å². The summed E-state index contributed by atoms with van der Waals surface area (Å²) in [5.74, 6) is 0. The molecule has 0 aliphatic rings. The third kappa shape index (κ3) is 4.70. The number of hydrogen-bond donors (Lipinski definition) is 2. The lowest BCUT2D eigenvalue weighted by atomic mass is 10.2. The second-order valence-corrected chi connectivity index (χ2v) is 3.50. The Labute approximate surface area is 102 Å². The molecule has 4 heteroatoms. The van der Waals surface area contributed by atoms with Gasteiger partial charge in [0.2, 0.25) is 0 Å². The number of rotatable bonds is 5. The van der Waals surface area contributed by atoms with Crippen molar-refractivity contribution in [3.05, 3.63) is 42.1 Å². The van der Waals surface area contributed by atoms with Gasteiger partial charge < -0.3 is 15.3 Å². The zero-order chi connectivity index (χ0) is 12.5. The van der Waals surface area contributed by atoms with Gasteiger partial charge in [0.1, 0.15) is 0 Å². The van der Waals surface area contributed by atoms with Crippen LogP contribution in [0.5, 0.6) is 0 Å². The van der Waals surface area contributed by atoms with Crippen LogP contribution in [0.4, 0.5) is 4.79 Å². The number of amides is 2. The highest BCUT2D eigenvalue weighted by Crippen LogP contribution is 1.99. The highest BCUT2D eigenvalue weighted by atomic mass is 16.3. The molecule has 0 saturated carbocycles. The van der Waals surface area contributed by atoms with Crippen LogP contribution in [-0.4, -0.2) is 35.7 Å². The van der Waals surface area contributed by atoms with E-state index >= 15 is 0 Å². The van der Waals surface area contributed by atoms with Crippen LogP contribution in [-0.2, 0) is 0 Å². The zero-order valence-electron chi connectivity index (χ0n) is 9.97. The number of aliphatic hydroxyl groups excluding tert-OH is 1. The molecule has 1 aromatic carbocycles. The summed E-state index contributed by atoms with van der Waals surface area (Å²) in [6.45, 7) is 2.77. The molecule has 0 bridgehead atoms. The Morgan fingerprint density at radius 1 is 1.41 bits per heavy atom. The summed E-state index contributed by atoms with van der Waals surface area (Å²) in [7, 11) is 0. The van der Waals surface area contributed by atoms with Gasteiger partial charge >= 0.3 is 6.03 Å². The molecule has 0 spiro atoms. The van der Waals surface area contributed by atoms with Crippen LogP contribution >= 0.6 is 0 Å². The first-order chi connectivity index (χ1) is 8.27. The molecule has 0 fully saturated rings. The number of nitrogens with one attached hydrogen (secondary N) is 1. The minimum Gasteiger partial charge on any atom is -0.395 e. The number of hydrogen-bond acceptors (Lipinski definition) is 2. The Morgan fingerprint density at radius 3 is 2.71 bits per heavy atom. The fraction of sp³-hybridized carbons (Fsp3) is 0.308. The van der Waals surface area contributed by atoms with E-state index in [1.165, 1.54) is 4.90 Å². The van der Waals surface area contributed by atoms with Crippen molar-refractivity contribution in [3.63, 3.8) is 0 Å². The number of likely N-dealkylation sites (N-methyl/N-ethyl adjacent to an activating group) is 1. The van der Waals surface area contributed by atoms with Crippen LogP contribution in [0.15, 0.2) is 36.5 Å². The van der Waals surface area contributed by atoms with Crippen LogP contribution in [0, 0.1) is 0 Å². The first kappa shape index (κ1) is 13.3. The van der Waals surface area contributed by atoms with E-state index in [2.05, 4.69) is 5.32 Å². The molecule has 0 aromatic heterocycles. The molecule has 2 N–H and O–H groups in total. The molecule has 92 valence electrons. The normalized spacial score (nSPS) is 10.5. The van der Waals surface area contributed by atoms with Crippen LogP contribution in [0.3, 0.4) is 0 Å². The van der Waals surface area contributed by atoms with Crippen molar-refractivity contribution in [2.75, 3.05) is 19.7 Å².